The Hall–Kier alpha value is -3.12. The molecule has 0 saturated carbocycles. The van der Waals surface area contributed by atoms with Gasteiger partial charge in [-0.05, 0) is 61.6 Å². The predicted molar refractivity (Wildman–Crippen MR) is 122 cm³/mol. The fourth-order valence-corrected chi connectivity index (χ4v) is 4.52. The van der Waals surface area contributed by atoms with Crippen LogP contribution in [0.3, 0.4) is 0 Å². The highest BCUT2D eigenvalue weighted by molar-refractivity contribution is 6.30. The van der Waals surface area contributed by atoms with Crippen LogP contribution >= 0.6 is 11.6 Å². The first-order chi connectivity index (χ1) is 14.5. The number of nitrogens with zero attached hydrogens (tertiary/aromatic N) is 3. The van der Waals surface area contributed by atoms with Crippen LogP contribution in [-0.4, -0.2) is 39.8 Å². The van der Waals surface area contributed by atoms with Gasteiger partial charge in [-0.1, -0.05) is 17.7 Å². The van der Waals surface area contributed by atoms with E-state index in [4.69, 9.17) is 22.7 Å². The standard InChI is InChI=1S/C23H24ClN5O/c1-2-15(13-25)22-21(16-8-11-28(12-9-16)23(26)30)19-7-10-27-14-20(19)29(22)18-5-3-17(24)4-6-18/h2-7,10,13-14,16,25H,8-9,11-12H2,1H3,(H2,26,30)/b15-2+,25-13?. The molecule has 6 nitrogen and oxygen atoms in total. The average Bonchev–Trinajstić information content (AvgIpc) is 3.10. The van der Waals surface area contributed by atoms with Crippen LogP contribution in [0.1, 0.15) is 36.9 Å². The number of pyridine rings is 1. The Morgan fingerprint density at radius 1 is 1.23 bits per heavy atom. The molecule has 3 heterocycles. The molecule has 154 valence electrons. The van der Waals surface area contributed by atoms with Gasteiger partial charge in [0.1, 0.15) is 0 Å². The molecular formula is C23H24ClN5O. The number of hydrogen-bond donors (Lipinski definition) is 2. The second-order valence-electron chi connectivity index (χ2n) is 7.45. The van der Waals surface area contributed by atoms with Gasteiger partial charge in [-0.15, -0.1) is 0 Å². The number of carbonyl (C=O) groups excluding carboxylic acids is 1. The number of urea groups is 1. The van der Waals surface area contributed by atoms with Crippen molar-refractivity contribution in [3.05, 3.63) is 65.1 Å². The summed E-state index contributed by atoms with van der Waals surface area (Å²) in [5.74, 6) is 0.254. The van der Waals surface area contributed by atoms with Crippen molar-refractivity contribution in [1.29, 1.82) is 5.41 Å². The summed E-state index contributed by atoms with van der Waals surface area (Å²) in [5.41, 5.74) is 10.5. The van der Waals surface area contributed by atoms with Crippen LogP contribution in [0.4, 0.5) is 4.79 Å². The number of primary amides is 1. The second kappa shape index (κ2) is 8.32. The van der Waals surface area contributed by atoms with Crippen LogP contribution in [0.15, 0.2) is 48.8 Å². The number of likely N-dealkylation sites (tertiary alicyclic amines) is 1. The molecule has 0 aliphatic carbocycles. The van der Waals surface area contributed by atoms with E-state index in [1.807, 2.05) is 49.5 Å². The largest absolute Gasteiger partial charge is 0.351 e. The minimum absolute atomic E-state index is 0.254. The van der Waals surface area contributed by atoms with E-state index in [-0.39, 0.29) is 11.9 Å². The number of aromatic nitrogens is 2. The first-order valence-electron chi connectivity index (χ1n) is 10.0. The van der Waals surface area contributed by atoms with Crippen molar-refractivity contribution in [3.63, 3.8) is 0 Å². The number of allylic oxidation sites excluding steroid dienone is 2. The number of halogens is 1. The topological polar surface area (TPSA) is 88.0 Å². The van der Waals surface area contributed by atoms with Crippen LogP contribution in [0.5, 0.6) is 0 Å². The summed E-state index contributed by atoms with van der Waals surface area (Å²) >= 11 is 6.13. The third-order valence-electron chi connectivity index (χ3n) is 5.85. The molecule has 3 aromatic rings. The fourth-order valence-electron chi connectivity index (χ4n) is 4.39. The minimum Gasteiger partial charge on any atom is -0.351 e. The lowest BCUT2D eigenvalue weighted by atomic mass is 9.86. The number of rotatable bonds is 4. The van der Waals surface area contributed by atoms with Crippen LogP contribution in [0.2, 0.25) is 5.02 Å². The van der Waals surface area contributed by atoms with Gasteiger partial charge in [-0.3, -0.25) is 4.98 Å². The average molecular weight is 422 g/mol. The molecule has 1 fully saturated rings. The van der Waals surface area contributed by atoms with Gasteiger partial charge in [0.2, 0.25) is 0 Å². The molecule has 1 aliphatic rings. The van der Waals surface area contributed by atoms with E-state index >= 15 is 0 Å². The number of nitrogens with one attached hydrogen (secondary N) is 1. The van der Waals surface area contributed by atoms with Gasteiger partial charge in [-0.2, -0.15) is 0 Å². The second-order valence-corrected chi connectivity index (χ2v) is 7.89. The van der Waals surface area contributed by atoms with Crippen LogP contribution in [0.25, 0.3) is 22.2 Å². The number of nitrogens with two attached hydrogens (primary N) is 1. The monoisotopic (exact) mass is 421 g/mol. The van der Waals surface area contributed by atoms with Crippen molar-refractivity contribution >= 4 is 40.3 Å². The molecule has 0 unspecified atom stereocenters. The Bertz CT molecular complexity index is 1120. The first kappa shape index (κ1) is 20.2. The fraction of sp³-hybridized carbons (Fsp3) is 0.261. The molecule has 0 bridgehead atoms. The third-order valence-corrected chi connectivity index (χ3v) is 6.10. The van der Waals surface area contributed by atoms with Crippen molar-refractivity contribution in [2.75, 3.05) is 13.1 Å². The molecular weight excluding hydrogens is 398 g/mol. The molecule has 1 aliphatic heterocycles. The van der Waals surface area contributed by atoms with Gasteiger partial charge in [0, 0.05) is 47.2 Å². The van der Waals surface area contributed by atoms with E-state index in [0.717, 1.165) is 40.7 Å². The summed E-state index contributed by atoms with van der Waals surface area (Å²) in [6.45, 7) is 3.21. The SMILES string of the molecule is C/C=C(\C=N)c1c(C2CCN(C(N)=O)CC2)c2ccncc2n1-c1ccc(Cl)cc1. The maximum absolute atomic E-state index is 11.6. The van der Waals surface area contributed by atoms with Gasteiger partial charge >= 0.3 is 6.03 Å². The van der Waals surface area contributed by atoms with E-state index in [2.05, 4.69) is 9.55 Å². The molecule has 0 spiro atoms. The zero-order valence-corrected chi connectivity index (χ0v) is 17.6. The van der Waals surface area contributed by atoms with Gasteiger partial charge < -0.3 is 20.6 Å². The molecule has 3 N–H and O–H groups in total. The third kappa shape index (κ3) is 3.48. The van der Waals surface area contributed by atoms with Crippen molar-refractivity contribution in [1.82, 2.24) is 14.5 Å². The van der Waals surface area contributed by atoms with Crippen molar-refractivity contribution in [2.45, 2.75) is 25.7 Å². The van der Waals surface area contributed by atoms with Gasteiger partial charge in [0.15, 0.2) is 0 Å². The van der Waals surface area contributed by atoms with E-state index in [1.54, 1.807) is 11.1 Å². The molecule has 0 atom stereocenters. The van der Waals surface area contributed by atoms with Crippen molar-refractivity contribution in [2.24, 2.45) is 5.73 Å². The molecule has 2 aromatic heterocycles. The van der Waals surface area contributed by atoms with Gasteiger partial charge in [0.25, 0.3) is 0 Å². The van der Waals surface area contributed by atoms with Crippen LogP contribution < -0.4 is 5.73 Å². The normalized spacial score (nSPS) is 15.5. The lowest BCUT2D eigenvalue weighted by Crippen LogP contribution is -2.41. The van der Waals surface area contributed by atoms with Gasteiger partial charge in [0.05, 0.1) is 17.4 Å². The summed E-state index contributed by atoms with van der Waals surface area (Å²) in [6.07, 6.45) is 8.69. The summed E-state index contributed by atoms with van der Waals surface area (Å²) < 4.78 is 2.16. The van der Waals surface area contributed by atoms with Crippen LogP contribution in [0, 0.1) is 5.41 Å². The number of amides is 2. The Morgan fingerprint density at radius 3 is 2.53 bits per heavy atom. The summed E-state index contributed by atoms with van der Waals surface area (Å²) in [7, 11) is 0. The minimum atomic E-state index is -0.366. The first-order valence-corrected chi connectivity index (χ1v) is 10.4. The molecule has 2 amide bonds. The Kier molecular flexibility index (Phi) is 5.59. The zero-order chi connectivity index (χ0) is 21.3. The highest BCUT2D eigenvalue weighted by Gasteiger charge is 2.30. The Morgan fingerprint density at radius 2 is 1.93 bits per heavy atom. The maximum Gasteiger partial charge on any atom is 0.314 e. The number of hydrogen-bond acceptors (Lipinski definition) is 3. The summed E-state index contributed by atoms with van der Waals surface area (Å²) in [5, 5.41) is 9.84. The van der Waals surface area contributed by atoms with E-state index in [0.29, 0.717) is 18.1 Å². The molecule has 0 radical (unpaired) electrons. The molecule has 7 heteroatoms. The highest BCUT2D eigenvalue weighted by atomic mass is 35.5. The predicted octanol–water partition coefficient (Wildman–Crippen LogP) is 4.99. The Balaban J connectivity index is 1.96. The zero-order valence-electron chi connectivity index (χ0n) is 16.8. The Labute approximate surface area is 180 Å². The number of carbonyl (C=O) groups is 1. The van der Waals surface area contributed by atoms with Crippen LogP contribution in [-0.2, 0) is 0 Å². The van der Waals surface area contributed by atoms with E-state index in [9.17, 15) is 4.79 Å². The number of piperidine rings is 1. The summed E-state index contributed by atoms with van der Waals surface area (Å²) in [6, 6.07) is 9.37. The number of fused-ring (bicyclic) bond motifs is 1. The molecule has 1 aromatic carbocycles. The lowest BCUT2D eigenvalue weighted by Gasteiger charge is -2.31. The van der Waals surface area contributed by atoms with Gasteiger partial charge in [-0.25, -0.2) is 4.79 Å². The molecule has 4 rings (SSSR count). The molecule has 1 saturated heterocycles. The maximum atomic E-state index is 11.6. The van der Waals surface area contributed by atoms with Crippen molar-refractivity contribution < 1.29 is 4.79 Å². The smallest absolute Gasteiger partial charge is 0.314 e. The lowest BCUT2D eigenvalue weighted by molar-refractivity contribution is 0.191. The number of benzene rings is 1. The quantitative estimate of drug-likeness (QED) is 0.581. The summed E-state index contributed by atoms with van der Waals surface area (Å²) in [4.78, 5) is 17.6. The van der Waals surface area contributed by atoms with E-state index in [1.165, 1.54) is 11.8 Å². The highest BCUT2D eigenvalue weighted by Crippen LogP contribution is 2.41. The van der Waals surface area contributed by atoms with E-state index < -0.39 is 0 Å². The molecule has 30 heavy (non-hydrogen) atoms. The van der Waals surface area contributed by atoms with Crippen molar-refractivity contribution in [3.8, 4) is 5.69 Å².